The first-order valence-electron chi connectivity index (χ1n) is 11.2. The Morgan fingerprint density at radius 1 is 1.14 bits per heavy atom. The van der Waals surface area contributed by atoms with Gasteiger partial charge in [0.05, 0.1) is 33.8 Å². The number of nitrogens with zero attached hydrogens (tertiary/aromatic N) is 1. The molecule has 1 atom stereocenters. The lowest BCUT2D eigenvalue weighted by Gasteiger charge is -2.14. The van der Waals surface area contributed by atoms with Crippen LogP contribution in [0.5, 0.6) is 5.75 Å². The number of ether oxygens (including phenoxy) is 1. The number of nitrogens with two attached hydrogens (primary N) is 1. The summed E-state index contributed by atoms with van der Waals surface area (Å²) in [5.74, 6) is 0.756. The Labute approximate surface area is 209 Å². The van der Waals surface area contributed by atoms with E-state index in [1.165, 1.54) is 18.2 Å². The Bertz CT molecular complexity index is 1440. The summed E-state index contributed by atoms with van der Waals surface area (Å²) in [7, 11) is -3.85. The summed E-state index contributed by atoms with van der Waals surface area (Å²) >= 11 is 5.88. The van der Waals surface area contributed by atoms with Gasteiger partial charge in [-0.15, -0.1) is 0 Å². The zero-order valence-electron chi connectivity index (χ0n) is 19.2. The van der Waals surface area contributed by atoms with Crippen LogP contribution in [-0.2, 0) is 10.0 Å². The van der Waals surface area contributed by atoms with Crippen LogP contribution in [0.1, 0.15) is 36.6 Å². The quantitative estimate of drug-likeness (QED) is 0.170. The van der Waals surface area contributed by atoms with E-state index >= 15 is 0 Å². The molecular formula is C25H27ClN4O4S. The van der Waals surface area contributed by atoms with Gasteiger partial charge in [-0.25, -0.2) is 8.42 Å². The first-order chi connectivity index (χ1) is 16.7. The number of unbranched alkanes of at least 4 members (excludes halogenated alkanes) is 1. The molecule has 0 spiro atoms. The van der Waals surface area contributed by atoms with Gasteiger partial charge in [0.2, 0.25) is 0 Å². The van der Waals surface area contributed by atoms with Crippen LogP contribution in [0.15, 0.2) is 65.6 Å². The summed E-state index contributed by atoms with van der Waals surface area (Å²) in [5, 5.41) is 19.2. The van der Waals surface area contributed by atoms with Crippen molar-refractivity contribution in [1.82, 2.24) is 10.2 Å². The van der Waals surface area contributed by atoms with Gasteiger partial charge in [-0.3, -0.25) is 9.82 Å². The Kier molecular flexibility index (Phi) is 7.49. The van der Waals surface area contributed by atoms with Crippen molar-refractivity contribution in [3.8, 4) is 5.75 Å². The number of aryl methyl sites for hydroxylation is 1. The second-order valence-electron chi connectivity index (χ2n) is 8.30. The van der Waals surface area contributed by atoms with Gasteiger partial charge < -0.3 is 15.6 Å². The molecule has 0 aliphatic carbocycles. The normalized spacial score (nSPS) is 12.5. The number of halogens is 1. The smallest absolute Gasteiger partial charge is 0.261 e. The largest absolute Gasteiger partial charge is 0.494 e. The number of aromatic nitrogens is 2. The van der Waals surface area contributed by atoms with E-state index in [-0.39, 0.29) is 15.6 Å². The maximum Gasteiger partial charge on any atom is 0.261 e. The molecule has 4 rings (SSSR count). The zero-order valence-corrected chi connectivity index (χ0v) is 20.7. The minimum absolute atomic E-state index is 0.00641. The van der Waals surface area contributed by atoms with Gasteiger partial charge in [-0.05, 0) is 74.2 Å². The number of aliphatic hydroxyl groups is 1. The molecular weight excluding hydrogens is 488 g/mol. The highest BCUT2D eigenvalue weighted by Gasteiger charge is 2.16. The number of nitrogen functional groups attached to an aromatic ring is 1. The van der Waals surface area contributed by atoms with Crippen LogP contribution in [0.25, 0.3) is 10.9 Å². The van der Waals surface area contributed by atoms with E-state index < -0.39 is 16.1 Å². The third-order valence-corrected chi connectivity index (χ3v) is 7.38. The highest BCUT2D eigenvalue weighted by molar-refractivity contribution is 7.92. The minimum Gasteiger partial charge on any atom is -0.494 e. The molecule has 0 aliphatic heterocycles. The van der Waals surface area contributed by atoms with Crippen LogP contribution < -0.4 is 15.2 Å². The number of aliphatic hydroxyl groups excluding tert-OH is 1. The lowest BCUT2D eigenvalue weighted by atomic mass is 10.0. The van der Waals surface area contributed by atoms with Crippen molar-refractivity contribution in [3.63, 3.8) is 0 Å². The molecule has 0 aliphatic rings. The fraction of sp³-hybridized carbons (Fsp3) is 0.240. The van der Waals surface area contributed by atoms with Crippen molar-refractivity contribution >= 4 is 43.9 Å². The van der Waals surface area contributed by atoms with E-state index in [1.807, 2.05) is 25.1 Å². The number of sulfonamides is 1. The van der Waals surface area contributed by atoms with Gasteiger partial charge in [0, 0.05) is 22.8 Å². The van der Waals surface area contributed by atoms with E-state index in [9.17, 15) is 13.5 Å². The molecule has 10 heteroatoms. The number of hydrogen-bond donors (Lipinski definition) is 4. The van der Waals surface area contributed by atoms with Crippen molar-refractivity contribution in [2.75, 3.05) is 17.1 Å². The molecule has 4 aromatic rings. The Morgan fingerprint density at radius 3 is 2.77 bits per heavy atom. The lowest BCUT2D eigenvalue weighted by molar-refractivity contribution is 0.160. The molecule has 0 saturated carbocycles. The molecule has 184 valence electrons. The van der Waals surface area contributed by atoms with Gasteiger partial charge in [0.25, 0.3) is 10.0 Å². The van der Waals surface area contributed by atoms with Gasteiger partial charge in [0.15, 0.2) is 0 Å². The summed E-state index contributed by atoms with van der Waals surface area (Å²) in [6.07, 6.45) is 1.29. The molecule has 0 radical (unpaired) electrons. The van der Waals surface area contributed by atoms with Crippen molar-refractivity contribution < 1.29 is 18.3 Å². The van der Waals surface area contributed by atoms with E-state index in [0.717, 1.165) is 35.2 Å². The molecule has 0 saturated heterocycles. The molecule has 0 amide bonds. The monoisotopic (exact) mass is 514 g/mol. The molecule has 5 N–H and O–H groups in total. The molecule has 0 unspecified atom stereocenters. The van der Waals surface area contributed by atoms with Crippen molar-refractivity contribution in [1.29, 1.82) is 0 Å². The molecule has 35 heavy (non-hydrogen) atoms. The number of anilines is 2. The molecule has 0 fully saturated rings. The first kappa shape index (κ1) is 24.8. The average Bonchev–Trinajstić information content (AvgIpc) is 3.20. The highest BCUT2D eigenvalue weighted by atomic mass is 35.5. The predicted molar refractivity (Wildman–Crippen MR) is 138 cm³/mol. The number of H-pyrrole nitrogens is 1. The Balaban J connectivity index is 1.28. The number of aromatic amines is 1. The van der Waals surface area contributed by atoms with Crippen molar-refractivity contribution in [3.05, 3.63) is 76.9 Å². The van der Waals surface area contributed by atoms with Gasteiger partial charge >= 0.3 is 0 Å². The molecule has 1 aromatic heterocycles. The third kappa shape index (κ3) is 6.05. The SMILES string of the molecule is Cc1[nH]nc2cc(OCCCC[C@H](O)c3cccc(NS(=O)(=O)c4ccc(Cl)c(N)c4)c3)ccc12. The second-order valence-corrected chi connectivity index (χ2v) is 10.4. The number of benzene rings is 3. The zero-order chi connectivity index (χ0) is 25.0. The predicted octanol–water partition coefficient (Wildman–Crippen LogP) is 5.19. The first-order valence-corrected chi connectivity index (χ1v) is 13.0. The maximum atomic E-state index is 12.7. The summed E-state index contributed by atoms with van der Waals surface area (Å²) in [6, 6.07) is 16.6. The summed E-state index contributed by atoms with van der Waals surface area (Å²) in [4.78, 5) is 0.00641. The lowest BCUT2D eigenvalue weighted by Crippen LogP contribution is -2.13. The van der Waals surface area contributed by atoms with Crippen LogP contribution in [0.4, 0.5) is 11.4 Å². The molecule has 3 aromatic carbocycles. The molecule has 1 heterocycles. The van der Waals surface area contributed by atoms with Crippen LogP contribution in [0, 0.1) is 6.92 Å². The van der Waals surface area contributed by atoms with E-state index in [1.54, 1.807) is 24.3 Å². The fourth-order valence-electron chi connectivity index (χ4n) is 3.72. The van der Waals surface area contributed by atoms with Crippen molar-refractivity contribution in [2.45, 2.75) is 37.2 Å². The fourth-order valence-corrected chi connectivity index (χ4v) is 4.93. The molecule has 0 bridgehead atoms. The second kappa shape index (κ2) is 10.6. The number of hydrogen-bond acceptors (Lipinski definition) is 6. The van der Waals surface area contributed by atoms with Gasteiger partial charge in [-0.1, -0.05) is 23.7 Å². The number of nitrogens with one attached hydrogen (secondary N) is 2. The summed E-state index contributed by atoms with van der Waals surface area (Å²) < 4.78 is 33.7. The highest BCUT2D eigenvalue weighted by Crippen LogP contribution is 2.27. The third-order valence-electron chi connectivity index (χ3n) is 5.66. The van der Waals surface area contributed by atoms with Crippen LogP contribution in [-0.4, -0.2) is 30.3 Å². The summed E-state index contributed by atoms with van der Waals surface area (Å²) in [5.41, 5.74) is 8.77. The van der Waals surface area contributed by atoms with Gasteiger partial charge in [0.1, 0.15) is 5.75 Å². The van der Waals surface area contributed by atoms with E-state index in [4.69, 9.17) is 22.1 Å². The minimum atomic E-state index is -3.85. The van der Waals surface area contributed by atoms with Crippen LogP contribution in [0.2, 0.25) is 5.02 Å². The van der Waals surface area contributed by atoms with Crippen molar-refractivity contribution in [2.24, 2.45) is 0 Å². The Hall–Kier alpha value is -3.27. The average molecular weight is 515 g/mol. The maximum absolute atomic E-state index is 12.7. The van der Waals surface area contributed by atoms with Crippen LogP contribution >= 0.6 is 11.6 Å². The van der Waals surface area contributed by atoms with Crippen LogP contribution in [0.3, 0.4) is 0 Å². The summed E-state index contributed by atoms with van der Waals surface area (Å²) in [6.45, 7) is 2.49. The van der Waals surface area contributed by atoms with Gasteiger partial charge in [-0.2, -0.15) is 5.10 Å². The Morgan fingerprint density at radius 2 is 1.97 bits per heavy atom. The topological polar surface area (TPSA) is 130 Å². The van der Waals surface area contributed by atoms with E-state index in [0.29, 0.717) is 24.3 Å². The molecule has 8 nitrogen and oxygen atoms in total. The number of rotatable bonds is 10. The van der Waals surface area contributed by atoms with E-state index in [2.05, 4.69) is 14.9 Å². The standard InChI is InChI=1S/C25H27ClN4O4S/c1-16-21-10-8-19(14-24(21)29-28-16)34-12-3-2-7-25(31)17-5-4-6-18(13-17)30-35(32,33)20-9-11-22(26)23(27)15-20/h4-6,8-11,13-15,25,30-31H,2-3,7,12,27H2,1H3,(H,28,29)/t25-/m0/s1. The number of fused-ring (bicyclic) bond motifs is 1.